The first-order valence-corrected chi connectivity index (χ1v) is 7.70. The number of likely N-dealkylation sites (tertiary alicyclic amines) is 1. The lowest BCUT2D eigenvalue weighted by atomic mass is 9.94. The van der Waals surface area contributed by atoms with Crippen molar-refractivity contribution in [1.82, 2.24) is 15.1 Å². The number of rotatable bonds is 3. The lowest BCUT2D eigenvalue weighted by Gasteiger charge is -2.35. The van der Waals surface area contributed by atoms with Crippen LogP contribution in [0.3, 0.4) is 0 Å². The van der Waals surface area contributed by atoms with Gasteiger partial charge in [-0.15, -0.1) is 0 Å². The lowest BCUT2D eigenvalue weighted by Crippen LogP contribution is -2.45. The van der Waals surface area contributed by atoms with Gasteiger partial charge in [-0.05, 0) is 31.4 Å². The van der Waals surface area contributed by atoms with E-state index in [1.165, 1.54) is 16.7 Å². The predicted octanol–water partition coefficient (Wildman–Crippen LogP) is 2.55. The first kappa shape index (κ1) is 14.3. The molecule has 21 heavy (non-hydrogen) atoms. The summed E-state index contributed by atoms with van der Waals surface area (Å²) in [7, 11) is 0. The summed E-state index contributed by atoms with van der Waals surface area (Å²) in [6.45, 7) is 7.43. The van der Waals surface area contributed by atoms with Crippen molar-refractivity contribution in [2.45, 2.75) is 32.9 Å². The van der Waals surface area contributed by atoms with E-state index in [4.69, 9.17) is 5.73 Å². The van der Waals surface area contributed by atoms with Gasteiger partial charge in [0, 0.05) is 24.7 Å². The number of nitrogens with one attached hydrogen (secondary N) is 1. The Labute approximate surface area is 126 Å². The molecule has 3 N–H and O–H groups in total. The molecule has 0 radical (unpaired) electrons. The molecule has 1 saturated heterocycles. The maximum absolute atomic E-state index is 6.10. The summed E-state index contributed by atoms with van der Waals surface area (Å²) in [5, 5.41) is 7.39. The van der Waals surface area contributed by atoms with Crippen molar-refractivity contribution in [1.29, 1.82) is 0 Å². The smallest absolute Gasteiger partial charge is 0.0695 e. The minimum Gasteiger partial charge on any atom is -0.327 e. The van der Waals surface area contributed by atoms with E-state index in [0.29, 0.717) is 12.0 Å². The van der Waals surface area contributed by atoms with E-state index in [9.17, 15) is 0 Å². The maximum Gasteiger partial charge on any atom is 0.0695 e. The highest BCUT2D eigenvalue weighted by Crippen LogP contribution is 2.24. The number of H-pyrrole nitrogens is 1. The van der Waals surface area contributed by atoms with Crippen LogP contribution in [0.4, 0.5) is 0 Å². The highest BCUT2D eigenvalue weighted by Gasteiger charge is 2.23. The molecule has 0 saturated carbocycles. The number of nitrogens with zero attached hydrogens (tertiary/aromatic N) is 2. The number of hydrogen-bond acceptors (Lipinski definition) is 3. The van der Waals surface area contributed by atoms with Crippen molar-refractivity contribution in [2.24, 2.45) is 11.7 Å². The summed E-state index contributed by atoms with van der Waals surface area (Å²) in [4.78, 5) is 2.48. The van der Waals surface area contributed by atoms with Crippen molar-refractivity contribution in [3.05, 3.63) is 41.6 Å². The SMILES string of the molecule is Cc1ccc(-c2[nH]ncc2CN2CC[C@@H](N)[C@H](C)C2)cc1. The molecule has 1 aliphatic heterocycles. The van der Waals surface area contributed by atoms with Crippen LogP contribution < -0.4 is 5.73 Å². The summed E-state index contributed by atoms with van der Waals surface area (Å²) in [5.74, 6) is 0.563. The Morgan fingerprint density at radius 2 is 2.10 bits per heavy atom. The molecule has 0 amide bonds. The van der Waals surface area contributed by atoms with Crippen molar-refractivity contribution in [3.63, 3.8) is 0 Å². The Morgan fingerprint density at radius 1 is 1.33 bits per heavy atom. The average molecular weight is 284 g/mol. The zero-order valence-corrected chi connectivity index (χ0v) is 12.8. The number of benzene rings is 1. The summed E-state index contributed by atoms with van der Waals surface area (Å²) in [5.41, 5.74) is 11.0. The summed E-state index contributed by atoms with van der Waals surface area (Å²) >= 11 is 0. The molecule has 3 rings (SSSR count). The minimum absolute atomic E-state index is 0.349. The number of aromatic amines is 1. The average Bonchev–Trinajstić information content (AvgIpc) is 2.92. The Kier molecular flexibility index (Phi) is 4.08. The van der Waals surface area contributed by atoms with Crippen molar-refractivity contribution in [2.75, 3.05) is 13.1 Å². The standard InChI is InChI=1S/C17H24N4/c1-12-3-5-14(6-4-12)17-15(9-19-20-17)11-21-8-7-16(18)13(2)10-21/h3-6,9,13,16H,7-8,10-11,18H2,1-2H3,(H,19,20)/t13-,16-/m1/s1. The van der Waals surface area contributed by atoms with Gasteiger partial charge in [0.05, 0.1) is 11.9 Å². The normalized spacial score (nSPS) is 23.4. The molecule has 1 fully saturated rings. The van der Waals surface area contributed by atoms with E-state index in [2.05, 4.69) is 53.2 Å². The number of piperidine rings is 1. The van der Waals surface area contributed by atoms with E-state index in [1.807, 2.05) is 6.20 Å². The Balaban J connectivity index is 1.75. The first-order chi connectivity index (χ1) is 10.1. The van der Waals surface area contributed by atoms with E-state index in [0.717, 1.165) is 31.7 Å². The van der Waals surface area contributed by atoms with Gasteiger partial charge in [0.2, 0.25) is 0 Å². The third-order valence-corrected chi connectivity index (χ3v) is 4.51. The fourth-order valence-electron chi connectivity index (χ4n) is 3.04. The summed E-state index contributed by atoms with van der Waals surface area (Å²) in [6.07, 6.45) is 3.03. The van der Waals surface area contributed by atoms with Gasteiger partial charge in [-0.1, -0.05) is 36.8 Å². The second kappa shape index (κ2) is 6.00. The van der Waals surface area contributed by atoms with Crippen LogP contribution in [0, 0.1) is 12.8 Å². The maximum atomic E-state index is 6.10. The summed E-state index contributed by atoms with van der Waals surface area (Å²) < 4.78 is 0. The van der Waals surface area contributed by atoms with Crippen LogP contribution >= 0.6 is 0 Å². The Bertz CT molecular complexity index is 587. The molecule has 4 nitrogen and oxygen atoms in total. The first-order valence-electron chi connectivity index (χ1n) is 7.70. The van der Waals surface area contributed by atoms with Gasteiger partial charge in [0.25, 0.3) is 0 Å². The van der Waals surface area contributed by atoms with Gasteiger partial charge in [-0.2, -0.15) is 5.10 Å². The van der Waals surface area contributed by atoms with Crippen molar-refractivity contribution >= 4 is 0 Å². The molecular formula is C17H24N4. The van der Waals surface area contributed by atoms with Gasteiger partial charge >= 0.3 is 0 Å². The number of aryl methyl sites for hydroxylation is 1. The topological polar surface area (TPSA) is 57.9 Å². The quantitative estimate of drug-likeness (QED) is 0.910. The second-order valence-electron chi connectivity index (χ2n) is 6.30. The minimum atomic E-state index is 0.349. The van der Waals surface area contributed by atoms with E-state index in [1.54, 1.807) is 0 Å². The van der Waals surface area contributed by atoms with E-state index >= 15 is 0 Å². The van der Waals surface area contributed by atoms with Gasteiger partial charge in [0.15, 0.2) is 0 Å². The third-order valence-electron chi connectivity index (χ3n) is 4.51. The molecule has 0 spiro atoms. The van der Waals surface area contributed by atoms with Gasteiger partial charge < -0.3 is 5.73 Å². The molecular weight excluding hydrogens is 260 g/mol. The number of hydrogen-bond donors (Lipinski definition) is 2. The van der Waals surface area contributed by atoms with Crippen LogP contribution in [-0.4, -0.2) is 34.2 Å². The molecule has 2 aromatic rings. The monoisotopic (exact) mass is 284 g/mol. The fourth-order valence-corrected chi connectivity index (χ4v) is 3.04. The molecule has 0 unspecified atom stereocenters. The van der Waals surface area contributed by atoms with Crippen LogP contribution in [0.1, 0.15) is 24.5 Å². The Hall–Kier alpha value is -1.65. The molecule has 112 valence electrons. The molecule has 1 aliphatic rings. The number of aromatic nitrogens is 2. The van der Waals surface area contributed by atoms with Crippen LogP contribution in [0.15, 0.2) is 30.5 Å². The zero-order valence-electron chi connectivity index (χ0n) is 12.8. The largest absolute Gasteiger partial charge is 0.327 e. The second-order valence-corrected chi connectivity index (χ2v) is 6.30. The van der Waals surface area contributed by atoms with Crippen molar-refractivity contribution in [3.8, 4) is 11.3 Å². The van der Waals surface area contributed by atoms with Crippen LogP contribution in [0.25, 0.3) is 11.3 Å². The molecule has 0 aliphatic carbocycles. The van der Waals surface area contributed by atoms with Crippen LogP contribution in [0.5, 0.6) is 0 Å². The highest BCUT2D eigenvalue weighted by atomic mass is 15.2. The van der Waals surface area contributed by atoms with E-state index < -0.39 is 0 Å². The predicted molar refractivity (Wildman–Crippen MR) is 85.8 cm³/mol. The van der Waals surface area contributed by atoms with Crippen LogP contribution in [-0.2, 0) is 6.54 Å². The number of nitrogens with two attached hydrogens (primary N) is 1. The lowest BCUT2D eigenvalue weighted by molar-refractivity contribution is 0.158. The molecule has 1 aromatic carbocycles. The molecule has 2 heterocycles. The fraction of sp³-hybridized carbons (Fsp3) is 0.471. The molecule has 2 atom stereocenters. The zero-order chi connectivity index (χ0) is 14.8. The molecule has 4 heteroatoms. The van der Waals surface area contributed by atoms with Gasteiger partial charge in [-0.3, -0.25) is 10.00 Å². The van der Waals surface area contributed by atoms with Crippen LogP contribution in [0.2, 0.25) is 0 Å². The Morgan fingerprint density at radius 3 is 2.81 bits per heavy atom. The van der Waals surface area contributed by atoms with E-state index in [-0.39, 0.29) is 0 Å². The van der Waals surface area contributed by atoms with Crippen molar-refractivity contribution < 1.29 is 0 Å². The molecule has 1 aromatic heterocycles. The van der Waals surface area contributed by atoms with Gasteiger partial charge in [0.1, 0.15) is 0 Å². The third kappa shape index (κ3) is 3.17. The highest BCUT2D eigenvalue weighted by molar-refractivity contribution is 5.62. The summed E-state index contributed by atoms with van der Waals surface area (Å²) in [6, 6.07) is 8.94. The molecule has 0 bridgehead atoms. The van der Waals surface area contributed by atoms with Gasteiger partial charge in [-0.25, -0.2) is 0 Å².